The van der Waals surface area contributed by atoms with Crippen molar-refractivity contribution in [3.8, 4) is 0 Å². The second kappa shape index (κ2) is 5.10. The predicted octanol–water partition coefficient (Wildman–Crippen LogP) is 2.00. The number of hydrogen-bond acceptors (Lipinski definition) is 2. The van der Waals surface area contributed by atoms with E-state index in [-0.39, 0.29) is 0 Å². The Kier molecular flexibility index (Phi) is 3.80. The Bertz CT molecular complexity index is 368. The van der Waals surface area contributed by atoms with Crippen molar-refractivity contribution >= 4 is 11.8 Å². The van der Waals surface area contributed by atoms with E-state index in [1.165, 1.54) is 0 Å². The molecule has 0 aliphatic heterocycles. The third-order valence-corrected chi connectivity index (χ3v) is 2.13. The van der Waals surface area contributed by atoms with E-state index in [0.717, 1.165) is 0 Å². The highest BCUT2D eigenvalue weighted by Gasteiger charge is 2.24. The van der Waals surface area contributed by atoms with Crippen LogP contribution in [-0.4, -0.2) is 16.9 Å². The van der Waals surface area contributed by atoms with E-state index < -0.39 is 17.7 Å². The lowest BCUT2D eigenvalue weighted by Crippen LogP contribution is -2.21. The largest absolute Gasteiger partial charge is 0.475 e. The van der Waals surface area contributed by atoms with Crippen LogP contribution < -0.4 is 0 Å². The lowest BCUT2D eigenvalue weighted by atomic mass is 9.91. The van der Waals surface area contributed by atoms with Crippen LogP contribution in [0.2, 0.25) is 0 Å². The molecule has 0 spiro atoms. The molecule has 0 heterocycles. The number of carboxylic acids is 1. The monoisotopic (exact) mass is 204 g/mol. The number of carbonyl (C=O) groups excluding carboxylic acids is 1. The average Bonchev–Trinajstić information content (AvgIpc) is 2.26. The smallest absolute Gasteiger partial charge is 0.372 e. The summed E-state index contributed by atoms with van der Waals surface area (Å²) in [6.45, 7) is 3.52. The molecule has 78 valence electrons. The third kappa shape index (κ3) is 2.77. The van der Waals surface area contributed by atoms with Gasteiger partial charge in [0.05, 0.1) is 5.92 Å². The summed E-state index contributed by atoms with van der Waals surface area (Å²) in [6.07, 6.45) is 1.90. The molecule has 0 aliphatic carbocycles. The van der Waals surface area contributed by atoms with Crippen molar-refractivity contribution in [3.05, 3.63) is 48.6 Å². The van der Waals surface area contributed by atoms with Gasteiger partial charge in [-0.15, -0.1) is 6.58 Å². The number of rotatable bonds is 5. The molecule has 0 saturated heterocycles. The lowest BCUT2D eigenvalue weighted by molar-refractivity contribution is -0.149. The highest BCUT2D eigenvalue weighted by molar-refractivity contribution is 6.35. The van der Waals surface area contributed by atoms with Crippen molar-refractivity contribution in [3.63, 3.8) is 0 Å². The van der Waals surface area contributed by atoms with Gasteiger partial charge in [-0.05, 0) is 12.0 Å². The Morgan fingerprint density at radius 2 is 1.93 bits per heavy atom. The van der Waals surface area contributed by atoms with Gasteiger partial charge in [-0.3, -0.25) is 4.79 Å². The lowest BCUT2D eigenvalue weighted by Gasteiger charge is -2.11. The number of carboxylic acid groups (broad SMARTS) is 1. The molecule has 1 aromatic rings. The van der Waals surface area contributed by atoms with Crippen LogP contribution in [0.4, 0.5) is 0 Å². The standard InChI is InChI=1S/C12H12O3/c1-2-6-10(11(13)12(14)15)9-7-4-3-5-8-9/h2-5,7-8,10H,1,6H2,(H,14,15). The Morgan fingerprint density at radius 1 is 1.33 bits per heavy atom. The van der Waals surface area contributed by atoms with Crippen molar-refractivity contribution in [2.45, 2.75) is 12.3 Å². The van der Waals surface area contributed by atoms with E-state index in [9.17, 15) is 9.59 Å². The summed E-state index contributed by atoms with van der Waals surface area (Å²) in [6, 6.07) is 8.87. The predicted molar refractivity (Wildman–Crippen MR) is 56.6 cm³/mol. The molecule has 0 saturated carbocycles. The molecular formula is C12H12O3. The van der Waals surface area contributed by atoms with Crippen molar-refractivity contribution in [1.82, 2.24) is 0 Å². The topological polar surface area (TPSA) is 54.4 Å². The molecule has 1 unspecified atom stereocenters. The van der Waals surface area contributed by atoms with Gasteiger partial charge in [0.2, 0.25) is 5.78 Å². The molecule has 0 amide bonds. The summed E-state index contributed by atoms with van der Waals surface area (Å²) >= 11 is 0. The zero-order chi connectivity index (χ0) is 11.3. The van der Waals surface area contributed by atoms with E-state index in [4.69, 9.17) is 5.11 Å². The van der Waals surface area contributed by atoms with Crippen LogP contribution in [0.3, 0.4) is 0 Å². The maximum atomic E-state index is 11.4. The number of aliphatic carboxylic acids is 1. The summed E-state index contributed by atoms with van der Waals surface area (Å²) in [5.41, 5.74) is 0.713. The van der Waals surface area contributed by atoms with Crippen molar-refractivity contribution < 1.29 is 14.7 Å². The number of carbonyl (C=O) groups is 2. The van der Waals surface area contributed by atoms with Crippen molar-refractivity contribution in [2.75, 3.05) is 0 Å². The van der Waals surface area contributed by atoms with Crippen molar-refractivity contribution in [1.29, 1.82) is 0 Å². The first-order valence-electron chi connectivity index (χ1n) is 4.59. The number of benzene rings is 1. The molecule has 3 nitrogen and oxygen atoms in total. The van der Waals surface area contributed by atoms with Crippen LogP contribution in [0.15, 0.2) is 43.0 Å². The second-order valence-electron chi connectivity index (χ2n) is 3.16. The number of hydrogen-bond donors (Lipinski definition) is 1. The first-order chi connectivity index (χ1) is 7.16. The fourth-order valence-corrected chi connectivity index (χ4v) is 1.40. The van der Waals surface area contributed by atoms with Gasteiger partial charge in [-0.1, -0.05) is 36.4 Å². The molecular weight excluding hydrogens is 192 g/mol. The minimum atomic E-state index is -1.40. The first-order valence-corrected chi connectivity index (χ1v) is 4.59. The van der Waals surface area contributed by atoms with E-state index >= 15 is 0 Å². The van der Waals surface area contributed by atoms with Crippen molar-refractivity contribution in [2.24, 2.45) is 0 Å². The quantitative estimate of drug-likeness (QED) is 0.589. The third-order valence-electron chi connectivity index (χ3n) is 2.13. The van der Waals surface area contributed by atoms with Gasteiger partial charge in [0.25, 0.3) is 0 Å². The zero-order valence-corrected chi connectivity index (χ0v) is 8.22. The number of allylic oxidation sites excluding steroid dienone is 1. The molecule has 1 rings (SSSR count). The number of ketones is 1. The minimum absolute atomic E-state index is 0.342. The van der Waals surface area contributed by atoms with Gasteiger partial charge in [0, 0.05) is 0 Å². The Morgan fingerprint density at radius 3 is 2.40 bits per heavy atom. The van der Waals surface area contributed by atoms with Crippen LogP contribution in [0.5, 0.6) is 0 Å². The SMILES string of the molecule is C=CCC(C(=O)C(=O)O)c1ccccc1. The molecule has 1 aromatic carbocycles. The fourth-order valence-electron chi connectivity index (χ4n) is 1.40. The molecule has 0 aromatic heterocycles. The molecule has 3 heteroatoms. The van der Waals surface area contributed by atoms with Gasteiger partial charge in [0.15, 0.2) is 0 Å². The highest BCUT2D eigenvalue weighted by atomic mass is 16.4. The van der Waals surface area contributed by atoms with Gasteiger partial charge in [0.1, 0.15) is 0 Å². The summed E-state index contributed by atoms with van der Waals surface area (Å²) in [7, 11) is 0. The Balaban J connectivity index is 2.98. The van der Waals surface area contributed by atoms with E-state index in [1.807, 2.05) is 6.07 Å². The molecule has 0 aliphatic rings. The molecule has 0 bridgehead atoms. The molecule has 0 fully saturated rings. The summed E-state index contributed by atoms with van der Waals surface area (Å²) < 4.78 is 0. The minimum Gasteiger partial charge on any atom is -0.475 e. The zero-order valence-electron chi connectivity index (χ0n) is 8.22. The van der Waals surface area contributed by atoms with E-state index in [0.29, 0.717) is 12.0 Å². The Labute approximate surface area is 88.0 Å². The normalized spacial score (nSPS) is 11.7. The van der Waals surface area contributed by atoms with Gasteiger partial charge in [-0.2, -0.15) is 0 Å². The summed E-state index contributed by atoms with van der Waals surface area (Å²) in [5, 5.41) is 8.66. The van der Waals surface area contributed by atoms with Crippen LogP contribution in [0, 0.1) is 0 Å². The molecule has 15 heavy (non-hydrogen) atoms. The summed E-state index contributed by atoms with van der Waals surface area (Å²) in [5.74, 6) is -2.81. The molecule has 1 atom stereocenters. The maximum absolute atomic E-state index is 11.4. The summed E-state index contributed by atoms with van der Waals surface area (Å²) in [4.78, 5) is 22.0. The average molecular weight is 204 g/mol. The van der Waals surface area contributed by atoms with Crippen LogP contribution >= 0.6 is 0 Å². The maximum Gasteiger partial charge on any atom is 0.372 e. The van der Waals surface area contributed by atoms with Gasteiger partial charge < -0.3 is 5.11 Å². The Hall–Kier alpha value is -1.90. The molecule has 0 radical (unpaired) electrons. The molecule has 1 N–H and O–H groups in total. The van der Waals surface area contributed by atoms with Crippen LogP contribution in [-0.2, 0) is 9.59 Å². The second-order valence-corrected chi connectivity index (χ2v) is 3.16. The van der Waals surface area contributed by atoms with Crippen LogP contribution in [0.1, 0.15) is 17.9 Å². The highest BCUT2D eigenvalue weighted by Crippen LogP contribution is 2.20. The van der Waals surface area contributed by atoms with Crippen LogP contribution in [0.25, 0.3) is 0 Å². The number of Topliss-reactive ketones (excluding diaryl/α,β-unsaturated/α-hetero) is 1. The fraction of sp³-hybridized carbons (Fsp3) is 0.167. The van der Waals surface area contributed by atoms with Gasteiger partial charge >= 0.3 is 5.97 Å². The van der Waals surface area contributed by atoms with Gasteiger partial charge in [-0.25, -0.2) is 4.79 Å². The van der Waals surface area contributed by atoms with E-state index in [1.54, 1.807) is 30.3 Å². The van der Waals surface area contributed by atoms with E-state index in [2.05, 4.69) is 6.58 Å². The first kappa shape index (κ1) is 11.2.